The van der Waals surface area contributed by atoms with E-state index >= 15 is 0 Å². The molecule has 2 aromatic rings. The Morgan fingerprint density at radius 2 is 1.00 bits per heavy atom. The van der Waals surface area contributed by atoms with Gasteiger partial charge >= 0.3 is 0 Å². The summed E-state index contributed by atoms with van der Waals surface area (Å²) >= 11 is 0. The van der Waals surface area contributed by atoms with Crippen LogP contribution in [-0.2, 0) is 0 Å². The molecule has 2 aromatic carbocycles. The molecule has 0 saturated heterocycles. The lowest BCUT2D eigenvalue weighted by Crippen LogP contribution is -2.06. The molecule has 0 heterocycles. The van der Waals surface area contributed by atoms with Gasteiger partial charge in [0.05, 0.1) is 5.57 Å². The van der Waals surface area contributed by atoms with Gasteiger partial charge < -0.3 is 0 Å². The van der Waals surface area contributed by atoms with E-state index < -0.39 is 0 Å². The molecule has 3 heteroatoms. The first-order valence-corrected chi connectivity index (χ1v) is 7.77. The Bertz CT molecular complexity index is 978. The van der Waals surface area contributed by atoms with Crippen LogP contribution in [0.4, 0.5) is 0 Å². The lowest BCUT2D eigenvalue weighted by Gasteiger charge is -2.07. The highest BCUT2D eigenvalue weighted by Crippen LogP contribution is 2.43. The zero-order valence-electron chi connectivity index (χ0n) is 13.3. The first-order valence-electron chi connectivity index (χ1n) is 7.77. The number of allylic oxidation sites excluding steroid dienone is 4. The molecule has 0 fully saturated rings. The van der Waals surface area contributed by atoms with E-state index in [9.17, 15) is 14.4 Å². The van der Waals surface area contributed by atoms with Crippen molar-refractivity contribution in [2.75, 3.05) is 0 Å². The van der Waals surface area contributed by atoms with Gasteiger partial charge in [0, 0.05) is 27.8 Å². The van der Waals surface area contributed by atoms with E-state index in [-0.39, 0.29) is 22.9 Å². The Morgan fingerprint density at radius 1 is 0.583 bits per heavy atom. The summed E-state index contributed by atoms with van der Waals surface area (Å²) in [6.45, 7) is 3.66. The summed E-state index contributed by atoms with van der Waals surface area (Å²) in [5.74, 6) is -0.715. The zero-order chi connectivity index (χ0) is 17.0. The third-order valence-corrected chi connectivity index (χ3v) is 4.54. The van der Waals surface area contributed by atoms with Crippen LogP contribution in [0.3, 0.4) is 0 Å². The molecule has 0 spiro atoms. The maximum Gasteiger partial charge on any atom is 0.198 e. The minimum atomic E-state index is -0.297. The first kappa shape index (κ1) is 14.5. The lowest BCUT2D eigenvalue weighted by molar-refractivity contribution is 0.0989. The minimum Gasteiger partial charge on any atom is -0.289 e. The average molecular weight is 314 g/mol. The molecule has 0 aromatic heterocycles. The number of ketones is 3. The van der Waals surface area contributed by atoms with Gasteiger partial charge in [-0.15, -0.1) is 0 Å². The van der Waals surface area contributed by atoms with Gasteiger partial charge in [-0.3, -0.25) is 14.4 Å². The Morgan fingerprint density at radius 3 is 1.46 bits per heavy atom. The van der Waals surface area contributed by atoms with E-state index in [1.54, 1.807) is 42.5 Å². The SMILES string of the molecule is CC(C)=C1C(=O)c2ccccc2C1=C1C(=O)c2ccccc2C1=O. The molecule has 0 saturated carbocycles. The molecule has 0 atom stereocenters. The average Bonchev–Trinajstić information content (AvgIpc) is 3.01. The Balaban J connectivity index is 2.10. The molecule has 0 N–H and O–H groups in total. The number of benzene rings is 2. The molecule has 2 aliphatic rings. The number of rotatable bonds is 0. The van der Waals surface area contributed by atoms with Gasteiger partial charge in [-0.25, -0.2) is 0 Å². The van der Waals surface area contributed by atoms with Crippen molar-refractivity contribution >= 4 is 22.9 Å². The monoisotopic (exact) mass is 314 g/mol. The molecule has 0 radical (unpaired) electrons. The van der Waals surface area contributed by atoms with Crippen molar-refractivity contribution in [3.63, 3.8) is 0 Å². The molecule has 0 aliphatic heterocycles. The van der Waals surface area contributed by atoms with Gasteiger partial charge in [-0.2, -0.15) is 0 Å². The molecule has 0 unspecified atom stereocenters. The van der Waals surface area contributed by atoms with Gasteiger partial charge in [0.1, 0.15) is 0 Å². The molecule has 2 aliphatic carbocycles. The molecule has 24 heavy (non-hydrogen) atoms. The second kappa shape index (κ2) is 4.96. The summed E-state index contributed by atoms with van der Waals surface area (Å²) in [6, 6.07) is 14.0. The number of carbonyl (C=O) groups is 3. The van der Waals surface area contributed by atoms with Crippen molar-refractivity contribution < 1.29 is 14.4 Å². The molecule has 3 nitrogen and oxygen atoms in total. The van der Waals surface area contributed by atoms with Crippen LogP contribution in [0.15, 0.2) is 65.3 Å². The Labute approximate surface area is 139 Å². The summed E-state index contributed by atoms with van der Waals surface area (Å²) in [5, 5.41) is 0. The van der Waals surface area contributed by atoms with Crippen LogP contribution in [0.2, 0.25) is 0 Å². The summed E-state index contributed by atoms with van der Waals surface area (Å²) in [4.78, 5) is 38.5. The lowest BCUT2D eigenvalue weighted by atomic mass is 9.93. The molecular formula is C21H14O3. The highest BCUT2D eigenvalue weighted by molar-refractivity contribution is 6.46. The molecular weight excluding hydrogens is 300 g/mol. The van der Waals surface area contributed by atoms with Crippen LogP contribution in [0, 0.1) is 0 Å². The predicted octanol–water partition coefficient (Wildman–Crippen LogP) is 4.05. The summed E-state index contributed by atoms with van der Waals surface area (Å²) in [6.07, 6.45) is 0. The maximum atomic E-state index is 12.9. The van der Waals surface area contributed by atoms with Crippen molar-refractivity contribution in [1.29, 1.82) is 0 Å². The van der Waals surface area contributed by atoms with Gasteiger partial charge in [0.15, 0.2) is 17.3 Å². The topological polar surface area (TPSA) is 51.2 Å². The fraction of sp³-hybridized carbons (Fsp3) is 0.0952. The maximum absolute atomic E-state index is 12.9. The highest BCUT2D eigenvalue weighted by atomic mass is 16.2. The van der Waals surface area contributed by atoms with Gasteiger partial charge in [-0.1, -0.05) is 54.1 Å². The van der Waals surface area contributed by atoms with E-state index in [4.69, 9.17) is 0 Å². The summed E-state index contributed by atoms with van der Waals surface area (Å²) in [5.41, 5.74) is 3.92. The van der Waals surface area contributed by atoms with Crippen LogP contribution in [0.5, 0.6) is 0 Å². The third kappa shape index (κ3) is 1.75. The molecule has 0 amide bonds. The third-order valence-electron chi connectivity index (χ3n) is 4.54. The fourth-order valence-corrected chi connectivity index (χ4v) is 3.50. The van der Waals surface area contributed by atoms with Crippen molar-refractivity contribution in [2.45, 2.75) is 13.8 Å². The first-order chi connectivity index (χ1) is 11.5. The number of Topliss-reactive ketones (excluding diaryl/α,β-unsaturated/α-hetero) is 3. The smallest absolute Gasteiger partial charge is 0.198 e. The standard InChI is InChI=1S/C21H14O3/c1-11(2)16-17(12-7-3-4-8-13(12)19(16)22)18-20(23)14-9-5-6-10-15(14)21(18)24/h3-10H,1-2H3. The number of fused-ring (bicyclic) bond motifs is 2. The molecule has 4 rings (SSSR count). The summed E-state index contributed by atoms with van der Waals surface area (Å²) in [7, 11) is 0. The van der Waals surface area contributed by atoms with Crippen LogP contribution in [0.1, 0.15) is 50.5 Å². The molecule has 0 bridgehead atoms. The van der Waals surface area contributed by atoms with Crippen molar-refractivity contribution in [3.05, 3.63) is 87.5 Å². The summed E-state index contributed by atoms with van der Waals surface area (Å²) < 4.78 is 0. The van der Waals surface area contributed by atoms with Crippen LogP contribution in [0.25, 0.3) is 5.57 Å². The van der Waals surface area contributed by atoms with Crippen LogP contribution in [-0.4, -0.2) is 17.3 Å². The normalized spacial score (nSPS) is 15.9. The van der Waals surface area contributed by atoms with Gasteiger partial charge in [-0.05, 0) is 19.4 Å². The van der Waals surface area contributed by atoms with E-state index in [1.165, 1.54) is 0 Å². The zero-order valence-corrected chi connectivity index (χ0v) is 13.3. The number of hydrogen-bond donors (Lipinski definition) is 0. The van der Waals surface area contributed by atoms with E-state index in [0.29, 0.717) is 33.4 Å². The van der Waals surface area contributed by atoms with Crippen LogP contribution < -0.4 is 0 Å². The quantitative estimate of drug-likeness (QED) is 0.544. The largest absolute Gasteiger partial charge is 0.289 e. The van der Waals surface area contributed by atoms with Crippen molar-refractivity contribution in [1.82, 2.24) is 0 Å². The second-order valence-corrected chi connectivity index (χ2v) is 6.20. The fourth-order valence-electron chi connectivity index (χ4n) is 3.50. The van der Waals surface area contributed by atoms with Gasteiger partial charge in [0.2, 0.25) is 0 Å². The molecule has 116 valence electrons. The highest BCUT2D eigenvalue weighted by Gasteiger charge is 2.41. The van der Waals surface area contributed by atoms with Crippen LogP contribution >= 0.6 is 0 Å². The van der Waals surface area contributed by atoms with E-state index in [0.717, 1.165) is 5.57 Å². The van der Waals surface area contributed by atoms with Crippen molar-refractivity contribution in [2.24, 2.45) is 0 Å². The van der Waals surface area contributed by atoms with E-state index in [1.807, 2.05) is 19.9 Å². The Hall–Kier alpha value is -3.07. The predicted molar refractivity (Wildman–Crippen MR) is 91.2 cm³/mol. The van der Waals surface area contributed by atoms with Crippen molar-refractivity contribution in [3.8, 4) is 0 Å². The second-order valence-electron chi connectivity index (χ2n) is 6.20. The number of carbonyl (C=O) groups excluding carboxylic acids is 3. The van der Waals surface area contributed by atoms with Gasteiger partial charge in [0.25, 0.3) is 0 Å². The Kier molecular flexibility index (Phi) is 3.00. The number of hydrogen-bond acceptors (Lipinski definition) is 3. The minimum absolute atomic E-state index is 0.116. The van der Waals surface area contributed by atoms with E-state index in [2.05, 4.69) is 0 Å².